The average molecular weight is 234 g/mol. The van der Waals surface area contributed by atoms with E-state index in [0.717, 1.165) is 17.7 Å². The molecule has 0 radical (unpaired) electrons. The lowest BCUT2D eigenvalue weighted by molar-refractivity contribution is -0.138. The van der Waals surface area contributed by atoms with E-state index in [0.29, 0.717) is 12.3 Å². The van der Waals surface area contributed by atoms with E-state index in [1.165, 1.54) is 7.05 Å². The molecule has 1 aliphatic carbocycles. The van der Waals surface area contributed by atoms with Crippen molar-refractivity contribution < 1.29 is 13.6 Å². The van der Waals surface area contributed by atoms with Crippen LogP contribution in [0.1, 0.15) is 26.2 Å². The van der Waals surface area contributed by atoms with Crippen LogP contribution >= 0.6 is 0 Å². The zero-order valence-corrected chi connectivity index (χ0v) is 9.83. The Hall–Kier alpha value is -0.710. The van der Waals surface area contributed by atoms with E-state index in [9.17, 15) is 13.6 Å². The van der Waals surface area contributed by atoms with E-state index in [-0.39, 0.29) is 17.9 Å². The molecule has 2 N–H and O–H groups in total. The fourth-order valence-corrected chi connectivity index (χ4v) is 2.27. The van der Waals surface area contributed by atoms with E-state index in [2.05, 4.69) is 6.92 Å². The third-order valence-electron chi connectivity index (χ3n) is 3.27. The Morgan fingerprint density at radius 2 is 2.12 bits per heavy atom. The van der Waals surface area contributed by atoms with Gasteiger partial charge in [-0.3, -0.25) is 4.79 Å². The number of carbonyl (C=O) groups excluding carboxylic acids is 1. The second-order valence-electron chi connectivity index (χ2n) is 4.80. The standard InChI is InChI=1S/C11H20F2N2O/c1-7-3-4-9(14)8(5-7)11(16)15(2)6-10(12)13/h7-10H,3-6,14H2,1-2H3. The summed E-state index contributed by atoms with van der Waals surface area (Å²) in [7, 11) is 1.42. The number of carbonyl (C=O) groups is 1. The minimum Gasteiger partial charge on any atom is -0.340 e. The van der Waals surface area contributed by atoms with Gasteiger partial charge in [-0.1, -0.05) is 6.92 Å². The summed E-state index contributed by atoms with van der Waals surface area (Å²) in [5.74, 6) is -0.0689. The summed E-state index contributed by atoms with van der Waals surface area (Å²) in [6.45, 7) is 1.57. The number of hydrogen-bond donors (Lipinski definition) is 1. The molecule has 5 heteroatoms. The molecule has 0 saturated heterocycles. The Morgan fingerprint density at radius 1 is 1.50 bits per heavy atom. The smallest absolute Gasteiger partial charge is 0.255 e. The van der Waals surface area contributed by atoms with Crippen LogP contribution in [0.3, 0.4) is 0 Å². The van der Waals surface area contributed by atoms with Crippen LogP contribution < -0.4 is 5.73 Å². The van der Waals surface area contributed by atoms with Gasteiger partial charge in [-0.2, -0.15) is 0 Å². The van der Waals surface area contributed by atoms with Gasteiger partial charge in [0.05, 0.1) is 12.5 Å². The van der Waals surface area contributed by atoms with E-state index in [1.807, 2.05) is 0 Å². The quantitative estimate of drug-likeness (QED) is 0.804. The first-order valence-corrected chi connectivity index (χ1v) is 5.70. The number of halogens is 2. The molecular weight excluding hydrogens is 214 g/mol. The molecule has 0 aromatic carbocycles. The van der Waals surface area contributed by atoms with Gasteiger partial charge in [0.15, 0.2) is 0 Å². The fourth-order valence-electron chi connectivity index (χ4n) is 2.27. The summed E-state index contributed by atoms with van der Waals surface area (Å²) in [6, 6.07) is -0.177. The summed E-state index contributed by atoms with van der Waals surface area (Å²) < 4.78 is 24.3. The zero-order chi connectivity index (χ0) is 12.3. The lowest BCUT2D eigenvalue weighted by atomic mass is 9.78. The molecule has 0 bridgehead atoms. The van der Waals surface area contributed by atoms with Crippen molar-refractivity contribution in [2.75, 3.05) is 13.6 Å². The predicted molar refractivity (Wildman–Crippen MR) is 58.1 cm³/mol. The molecular formula is C11H20F2N2O. The van der Waals surface area contributed by atoms with Gasteiger partial charge in [0.2, 0.25) is 5.91 Å². The third-order valence-corrected chi connectivity index (χ3v) is 3.27. The number of hydrogen-bond acceptors (Lipinski definition) is 2. The Bertz CT molecular complexity index is 248. The van der Waals surface area contributed by atoms with Crippen molar-refractivity contribution in [3.63, 3.8) is 0 Å². The molecule has 94 valence electrons. The molecule has 3 unspecified atom stereocenters. The maximum Gasteiger partial charge on any atom is 0.255 e. The summed E-state index contributed by atoms with van der Waals surface area (Å²) >= 11 is 0. The fraction of sp³-hybridized carbons (Fsp3) is 0.909. The molecule has 3 nitrogen and oxygen atoms in total. The molecule has 0 heterocycles. The second kappa shape index (κ2) is 5.57. The molecule has 0 spiro atoms. The number of amides is 1. The zero-order valence-electron chi connectivity index (χ0n) is 9.83. The third kappa shape index (κ3) is 3.40. The van der Waals surface area contributed by atoms with Crippen LogP contribution in [0.5, 0.6) is 0 Å². The normalized spacial score (nSPS) is 30.5. The highest BCUT2D eigenvalue weighted by atomic mass is 19.3. The van der Waals surface area contributed by atoms with Gasteiger partial charge < -0.3 is 10.6 Å². The second-order valence-corrected chi connectivity index (χ2v) is 4.80. The topological polar surface area (TPSA) is 46.3 Å². The van der Waals surface area contributed by atoms with E-state index >= 15 is 0 Å². The molecule has 1 aliphatic rings. The van der Waals surface area contributed by atoms with E-state index < -0.39 is 13.0 Å². The van der Waals surface area contributed by atoms with E-state index in [1.54, 1.807) is 0 Å². The Morgan fingerprint density at radius 3 is 2.69 bits per heavy atom. The molecule has 0 aromatic rings. The SMILES string of the molecule is CC1CCC(N)C(C(=O)N(C)CC(F)F)C1. The van der Waals surface area contributed by atoms with Gasteiger partial charge in [0.25, 0.3) is 6.43 Å². The molecule has 1 fully saturated rings. The van der Waals surface area contributed by atoms with Crippen molar-refractivity contribution in [3.8, 4) is 0 Å². The van der Waals surface area contributed by atoms with Gasteiger partial charge in [-0.15, -0.1) is 0 Å². The first-order valence-electron chi connectivity index (χ1n) is 5.70. The number of rotatable bonds is 3. The Kier molecular flexibility index (Phi) is 4.65. The van der Waals surface area contributed by atoms with Crippen molar-refractivity contribution in [3.05, 3.63) is 0 Å². The molecule has 1 amide bonds. The van der Waals surface area contributed by atoms with Gasteiger partial charge in [-0.05, 0) is 25.2 Å². The molecule has 3 atom stereocenters. The van der Waals surface area contributed by atoms with Crippen LogP contribution in [-0.4, -0.2) is 36.9 Å². The van der Waals surface area contributed by atoms with Crippen LogP contribution in [0.15, 0.2) is 0 Å². The predicted octanol–water partition coefficient (Wildman–Crippen LogP) is 1.47. The minimum absolute atomic E-state index is 0.177. The van der Waals surface area contributed by atoms with Crippen LogP contribution in [0.25, 0.3) is 0 Å². The lowest BCUT2D eigenvalue weighted by Gasteiger charge is -2.34. The number of alkyl halides is 2. The summed E-state index contributed by atoms with van der Waals surface area (Å²) in [4.78, 5) is 13.0. The van der Waals surface area contributed by atoms with Crippen LogP contribution in [0.4, 0.5) is 8.78 Å². The monoisotopic (exact) mass is 234 g/mol. The minimum atomic E-state index is -2.48. The Balaban J connectivity index is 2.57. The molecule has 0 aliphatic heterocycles. The van der Waals surface area contributed by atoms with Gasteiger partial charge in [-0.25, -0.2) is 8.78 Å². The number of nitrogens with two attached hydrogens (primary N) is 1. The maximum atomic E-state index is 12.2. The largest absolute Gasteiger partial charge is 0.340 e. The summed E-state index contributed by atoms with van der Waals surface area (Å²) in [6.07, 6.45) is 0.0585. The first-order chi connectivity index (χ1) is 7.41. The van der Waals surface area contributed by atoms with Crippen LogP contribution in [0.2, 0.25) is 0 Å². The van der Waals surface area contributed by atoms with Crippen molar-refractivity contribution in [2.45, 2.75) is 38.7 Å². The van der Waals surface area contributed by atoms with Gasteiger partial charge >= 0.3 is 0 Å². The molecule has 0 aromatic heterocycles. The van der Waals surface area contributed by atoms with Gasteiger partial charge in [0.1, 0.15) is 0 Å². The van der Waals surface area contributed by atoms with Crippen LogP contribution in [-0.2, 0) is 4.79 Å². The van der Waals surface area contributed by atoms with Crippen molar-refractivity contribution >= 4 is 5.91 Å². The first kappa shape index (κ1) is 13.4. The maximum absolute atomic E-state index is 12.2. The average Bonchev–Trinajstić information content (AvgIpc) is 2.19. The highest BCUT2D eigenvalue weighted by Crippen LogP contribution is 2.29. The Labute approximate surface area is 95.0 Å². The highest BCUT2D eigenvalue weighted by Gasteiger charge is 2.33. The molecule has 1 saturated carbocycles. The van der Waals surface area contributed by atoms with Crippen LogP contribution in [0, 0.1) is 11.8 Å². The molecule has 1 rings (SSSR count). The van der Waals surface area contributed by atoms with Crippen molar-refractivity contribution in [1.29, 1.82) is 0 Å². The van der Waals surface area contributed by atoms with Gasteiger partial charge in [0, 0.05) is 13.1 Å². The van der Waals surface area contributed by atoms with Crippen molar-refractivity contribution in [2.24, 2.45) is 17.6 Å². The number of nitrogens with zero attached hydrogens (tertiary/aromatic N) is 1. The highest BCUT2D eigenvalue weighted by molar-refractivity contribution is 5.79. The summed E-state index contributed by atoms with van der Waals surface area (Å²) in [5.41, 5.74) is 5.88. The lowest BCUT2D eigenvalue weighted by Crippen LogP contribution is -2.46. The van der Waals surface area contributed by atoms with Crippen molar-refractivity contribution in [1.82, 2.24) is 4.90 Å². The van der Waals surface area contributed by atoms with E-state index in [4.69, 9.17) is 5.73 Å². The summed E-state index contributed by atoms with van der Waals surface area (Å²) in [5, 5.41) is 0. The molecule has 16 heavy (non-hydrogen) atoms.